The van der Waals surface area contributed by atoms with E-state index in [0.29, 0.717) is 10.4 Å². The topological polar surface area (TPSA) is 71.1 Å². The zero-order valence-corrected chi connectivity index (χ0v) is 9.95. The highest BCUT2D eigenvalue weighted by Gasteiger charge is 2.27. The summed E-state index contributed by atoms with van der Waals surface area (Å²) in [6.45, 7) is 0.268. The number of hydrogen-bond donors (Lipinski definition) is 2. The van der Waals surface area contributed by atoms with Gasteiger partial charge < -0.3 is 5.32 Å². The number of carbonyl (C=O) groups excluding carboxylic acids is 2. The molecule has 0 radical (unpaired) electrons. The van der Waals surface area contributed by atoms with Crippen molar-refractivity contribution in [3.63, 3.8) is 0 Å². The zero-order chi connectivity index (χ0) is 11.5. The van der Waals surface area contributed by atoms with Gasteiger partial charge in [0.25, 0.3) is 0 Å². The van der Waals surface area contributed by atoms with E-state index in [9.17, 15) is 9.59 Å². The van der Waals surface area contributed by atoms with Crippen molar-refractivity contribution >= 4 is 33.4 Å². The van der Waals surface area contributed by atoms with E-state index in [1.165, 1.54) is 0 Å². The lowest BCUT2D eigenvalue weighted by Gasteiger charge is -2.09. The molecule has 1 unspecified atom stereocenters. The van der Waals surface area contributed by atoms with Crippen LogP contribution in [0.25, 0.3) is 0 Å². The number of hydrogen-bond acceptors (Lipinski definition) is 4. The number of ketones is 1. The zero-order valence-electron chi connectivity index (χ0n) is 8.37. The molecule has 1 aromatic rings. The second-order valence-electron chi connectivity index (χ2n) is 3.51. The molecule has 2 N–H and O–H groups in total. The first-order valence-corrected chi connectivity index (χ1v) is 5.63. The number of halogens is 1. The number of amides is 1. The smallest absolute Gasteiger partial charge is 0.243 e. The number of nitrogens with zero attached hydrogens (tertiary/aromatic N) is 1. The van der Waals surface area contributed by atoms with E-state index in [1.807, 2.05) is 0 Å². The van der Waals surface area contributed by atoms with Crippen molar-refractivity contribution < 1.29 is 9.59 Å². The third-order valence-corrected chi connectivity index (χ3v) is 2.70. The summed E-state index contributed by atoms with van der Waals surface area (Å²) in [6, 6.07) is 4.81. The summed E-state index contributed by atoms with van der Waals surface area (Å²) in [7, 11) is 0. The average molecular weight is 284 g/mol. The number of anilines is 1. The third kappa shape index (κ3) is 2.65. The molecule has 0 aliphatic carbocycles. The van der Waals surface area contributed by atoms with E-state index in [4.69, 9.17) is 0 Å². The molecule has 16 heavy (non-hydrogen) atoms. The van der Waals surface area contributed by atoms with Crippen molar-refractivity contribution in [3.8, 4) is 0 Å². The van der Waals surface area contributed by atoms with Gasteiger partial charge in [0.2, 0.25) is 5.91 Å². The van der Waals surface area contributed by atoms with Crippen molar-refractivity contribution in [2.75, 3.05) is 11.9 Å². The molecule has 1 amide bonds. The maximum atomic E-state index is 11.7. The molecule has 1 fully saturated rings. The second-order valence-corrected chi connectivity index (χ2v) is 4.32. The SMILES string of the molecule is O=C1CNC(C(=O)Nc2cccc(Br)n2)C1. The van der Waals surface area contributed by atoms with Crippen LogP contribution in [0.2, 0.25) is 0 Å². The number of pyridine rings is 1. The molecule has 1 atom stereocenters. The predicted octanol–water partition coefficient (Wildman–Crippen LogP) is 0.714. The standard InChI is InChI=1S/C10H10BrN3O2/c11-8-2-1-3-9(13-8)14-10(16)7-4-6(15)5-12-7/h1-3,7,12H,4-5H2,(H,13,14,16). The molecule has 0 saturated carbocycles. The highest BCUT2D eigenvalue weighted by atomic mass is 79.9. The maximum absolute atomic E-state index is 11.7. The summed E-state index contributed by atoms with van der Waals surface area (Å²) in [5.74, 6) is 0.305. The summed E-state index contributed by atoms with van der Waals surface area (Å²) in [6.07, 6.45) is 0.250. The molecule has 0 bridgehead atoms. The molecule has 2 heterocycles. The Kier molecular flexibility index (Phi) is 3.31. The summed E-state index contributed by atoms with van der Waals surface area (Å²) in [4.78, 5) is 26.8. The number of aromatic nitrogens is 1. The van der Waals surface area contributed by atoms with Crippen molar-refractivity contribution in [1.82, 2.24) is 10.3 Å². The van der Waals surface area contributed by atoms with E-state index >= 15 is 0 Å². The molecule has 84 valence electrons. The lowest BCUT2D eigenvalue weighted by Crippen LogP contribution is -2.35. The van der Waals surface area contributed by atoms with Crippen LogP contribution >= 0.6 is 15.9 Å². The van der Waals surface area contributed by atoms with Crippen molar-refractivity contribution in [3.05, 3.63) is 22.8 Å². The number of Topliss-reactive ketones (excluding diaryl/α,β-unsaturated/α-hetero) is 1. The summed E-state index contributed by atoms with van der Waals surface area (Å²) in [5, 5.41) is 5.49. The Morgan fingerprint density at radius 1 is 1.56 bits per heavy atom. The minimum absolute atomic E-state index is 0.0577. The van der Waals surface area contributed by atoms with Gasteiger partial charge in [-0.1, -0.05) is 6.07 Å². The molecular formula is C10H10BrN3O2. The van der Waals surface area contributed by atoms with Crippen LogP contribution in [0.3, 0.4) is 0 Å². The van der Waals surface area contributed by atoms with Gasteiger partial charge in [-0.3, -0.25) is 14.9 Å². The van der Waals surface area contributed by atoms with E-state index in [0.717, 1.165) is 0 Å². The minimum atomic E-state index is -0.437. The fraction of sp³-hybridized carbons (Fsp3) is 0.300. The largest absolute Gasteiger partial charge is 0.309 e. The Hall–Kier alpha value is -1.27. The predicted molar refractivity (Wildman–Crippen MR) is 62.0 cm³/mol. The first-order chi connectivity index (χ1) is 7.65. The summed E-state index contributed by atoms with van der Waals surface area (Å²) in [5.41, 5.74) is 0. The van der Waals surface area contributed by atoms with Gasteiger partial charge in [-0.15, -0.1) is 0 Å². The van der Waals surface area contributed by atoms with Crippen molar-refractivity contribution in [1.29, 1.82) is 0 Å². The Labute approximate surface area is 101 Å². The van der Waals surface area contributed by atoms with Gasteiger partial charge in [0.05, 0.1) is 12.6 Å². The molecule has 5 nitrogen and oxygen atoms in total. The highest BCUT2D eigenvalue weighted by Crippen LogP contribution is 2.11. The third-order valence-electron chi connectivity index (χ3n) is 2.26. The van der Waals surface area contributed by atoms with E-state index in [1.54, 1.807) is 18.2 Å². The van der Waals surface area contributed by atoms with E-state index in [2.05, 4.69) is 31.5 Å². The van der Waals surface area contributed by atoms with Crippen LogP contribution in [-0.2, 0) is 9.59 Å². The van der Waals surface area contributed by atoms with Crippen LogP contribution in [0.15, 0.2) is 22.8 Å². The molecular weight excluding hydrogens is 274 g/mol. The van der Waals surface area contributed by atoms with Crippen LogP contribution < -0.4 is 10.6 Å². The van der Waals surface area contributed by atoms with E-state index < -0.39 is 6.04 Å². The Balaban J connectivity index is 1.99. The van der Waals surface area contributed by atoms with Crippen LogP contribution in [0, 0.1) is 0 Å². The maximum Gasteiger partial charge on any atom is 0.243 e. The average Bonchev–Trinajstić information content (AvgIpc) is 2.65. The van der Waals surface area contributed by atoms with Gasteiger partial charge in [-0.05, 0) is 28.1 Å². The van der Waals surface area contributed by atoms with Crippen LogP contribution in [0.1, 0.15) is 6.42 Å². The van der Waals surface area contributed by atoms with Gasteiger partial charge in [-0.25, -0.2) is 4.98 Å². The Morgan fingerprint density at radius 2 is 2.38 bits per heavy atom. The van der Waals surface area contributed by atoms with E-state index in [-0.39, 0.29) is 24.7 Å². The number of rotatable bonds is 2. The Bertz CT molecular complexity index is 436. The lowest BCUT2D eigenvalue weighted by molar-refractivity contribution is -0.120. The summed E-state index contributed by atoms with van der Waals surface area (Å²) >= 11 is 3.21. The van der Waals surface area contributed by atoms with Gasteiger partial charge in [0.1, 0.15) is 16.2 Å². The van der Waals surface area contributed by atoms with Gasteiger partial charge in [0.15, 0.2) is 0 Å². The molecule has 1 aliphatic rings. The molecule has 2 rings (SSSR count). The van der Waals surface area contributed by atoms with Gasteiger partial charge in [-0.2, -0.15) is 0 Å². The second kappa shape index (κ2) is 4.71. The lowest BCUT2D eigenvalue weighted by atomic mass is 10.2. The van der Waals surface area contributed by atoms with Gasteiger partial charge in [0, 0.05) is 6.42 Å². The monoisotopic (exact) mass is 283 g/mol. The molecule has 6 heteroatoms. The molecule has 0 spiro atoms. The molecule has 1 aliphatic heterocycles. The minimum Gasteiger partial charge on any atom is -0.309 e. The Morgan fingerprint density at radius 3 is 3.00 bits per heavy atom. The van der Waals surface area contributed by atoms with Crippen molar-refractivity contribution in [2.24, 2.45) is 0 Å². The first kappa shape index (κ1) is 11.2. The molecule has 0 aromatic carbocycles. The van der Waals surface area contributed by atoms with Gasteiger partial charge >= 0.3 is 0 Å². The number of carbonyl (C=O) groups is 2. The first-order valence-electron chi connectivity index (χ1n) is 4.83. The normalized spacial score (nSPS) is 19.8. The number of nitrogens with one attached hydrogen (secondary N) is 2. The van der Waals surface area contributed by atoms with Crippen molar-refractivity contribution in [2.45, 2.75) is 12.5 Å². The van der Waals surface area contributed by atoms with Crippen LogP contribution in [-0.4, -0.2) is 29.3 Å². The fourth-order valence-corrected chi connectivity index (χ4v) is 1.83. The van der Waals surface area contributed by atoms with Crippen LogP contribution in [0.4, 0.5) is 5.82 Å². The highest BCUT2D eigenvalue weighted by molar-refractivity contribution is 9.10. The quantitative estimate of drug-likeness (QED) is 0.785. The fourth-order valence-electron chi connectivity index (χ4n) is 1.49. The van der Waals surface area contributed by atoms with Crippen LogP contribution in [0.5, 0.6) is 0 Å². The molecule has 1 aromatic heterocycles. The summed E-state index contributed by atoms with van der Waals surface area (Å²) < 4.78 is 0.653. The molecule has 1 saturated heterocycles.